The second-order valence-electron chi connectivity index (χ2n) is 6.42. The van der Waals surface area contributed by atoms with Crippen LogP contribution in [0.5, 0.6) is 0 Å². The first kappa shape index (κ1) is 18.1. The van der Waals surface area contributed by atoms with Crippen molar-refractivity contribution in [1.82, 2.24) is 15.3 Å². The van der Waals surface area contributed by atoms with Gasteiger partial charge in [0.25, 0.3) is 0 Å². The Bertz CT molecular complexity index is 1090. The van der Waals surface area contributed by atoms with Gasteiger partial charge in [-0.1, -0.05) is 41.9 Å². The number of H-pyrrole nitrogens is 1. The molecule has 0 unspecified atom stereocenters. The van der Waals surface area contributed by atoms with Crippen molar-refractivity contribution in [2.45, 2.75) is 6.42 Å². The maximum absolute atomic E-state index is 12.5. The molecule has 0 bridgehead atoms. The molecule has 0 aliphatic heterocycles. The number of amides is 2. The molecule has 0 saturated carbocycles. The standard InChI is InChI=1S/C22H19ClN4O/c23-17-6-7-19-18(14-17)21(20(26-19)16-9-11-24-12-10-16)27-22(28)25-13-8-15-4-2-1-3-5-15/h1-7,9-12,14,26H,8,13H2,(H2,25,27,28). The van der Waals surface area contributed by atoms with Crippen molar-refractivity contribution >= 4 is 34.2 Å². The molecule has 0 aliphatic carbocycles. The number of urea groups is 1. The van der Waals surface area contributed by atoms with Gasteiger partial charge in [0.2, 0.25) is 0 Å². The molecular formula is C22H19ClN4O. The number of anilines is 1. The topological polar surface area (TPSA) is 69.8 Å². The van der Waals surface area contributed by atoms with E-state index in [4.69, 9.17) is 11.6 Å². The van der Waals surface area contributed by atoms with Gasteiger partial charge in [0.15, 0.2) is 0 Å². The highest BCUT2D eigenvalue weighted by molar-refractivity contribution is 6.31. The van der Waals surface area contributed by atoms with Crippen LogP contribution in [-0.4, -0.2) is 22.5 Å². The lowest BCUT2D eigenvalue weighted by Crippen LogP contribution is -2.30. The molecule has 5 nitrogen and oxygen atoms in total. The summed E-state index contributed by atoms with van der Waals surface area (Å²) in [6, 6.07) is 19.2. The second-order valence-corrected chi connectivity index (χ2v) is 6.85. The van der Waals surface area contributed by atoms with Gasteiger partial charge in [0.1, 0.15) is 0 Å². The van der Waals surface area contributed by atoms with Gasteiger partial charge in [-0.3, -0.25) is 4.98 Å². The van der Waals surface area contributed by atoms with E-state index < -0.39 is 0 Å². The molecule has 2 amide bonds. The van der Waals surface area contributed by atoms with Crippen LogP contribution in [0.4, 0.5) is 10.5 Å². The third kappa shape index (κ3) is 4.00. The lowest BCUT2D eigenvalue weighted by molar-refractivity contribution is 0.252. The highest BCUT2D eigenvalue weighted by Crippen LogP contribution is 2.36. The number of nitrogens with one attached hydrogen (secondary N) is 3. The minimum atomic E-state index is -0.257. The van der Waals surface area contributed by atoms with Crippen LogP contribution < -0.4 is 10.6 Å². The maximum Gasteiger partial charge on any atom is 0.319 e. The van der Waals surface area contributed by atoms with Gasteiger partial charge in [-0.2, -0.15) is 0 Å². The number of aromatic amines is 1. The Morgan fingerprint density at radius 1 is 1.04 bits per heavy atom. The maximum atomic E-state index is 12.5. The number of benzene rings is 2. The summed E-state index contributed by atoms with van der Waals surface area (Å²) in [5.41, 5.74) is 4.52. The molecule has 2 heterocycles. The summed E-state index contributed by atoms with van der Waals surface area (Å²) in [6.07, 6.45) is 4.21. The molecule has 2 aromatic carbocycles. The SMILES string of the molecule is O=C(NCCc1ccccc1)Nc1c(-c2ccncc2)[nH]c2ccc(Cl)cc12. The van der Waals surface area contributed by atoms with Crippen LogP contribution in [0.25, 0.3) is 22.2 Å². The van der Waals surface area contributed by atoms with Crippen molar-refractivity contribution in [3.63, 3.8) is 0 Å². The predicted octanol–water partition coefficient (Wildman–Crippen LogP) is 5.25. The molecule has 3 N–H and O–H groups in total. The van der Waals surface area contributed by atoms with E-state index in [0.717, 1.165) is 28.6 Å². The third-order valence-corrected chi connectivity index (χ3v) is 4.75. The Morgan fingerprint density at radius 3 is 2.61 bits per heavy atom. The van der Waals surface area contributed by atoms with Crippen molar-refractivity contribution in [2.75, 3.05) is 11.9 Å². The third-order valence-electron chi connectivity index (χ3n) is 4.51. The predicted molar refractivity (Wildman–Crippen MR) is 114 cm³/mol. The Labute approximate surface area is 167 Å². The summed E-state index contributed by atoms with van der Waals surface area (Å²) >= 11 is 6.18. The molecule has 140 valence electrons. The van der Waals surface area contributed by atoms with Crippen LogP contribution in [0.2, 0.25) is 5.02 Å². The second kappa shape index (κ2) is 8.15. The summed E-state index contributed by atoms with van der Waals surface area (Å²) in [7, 11) is 0. The first-order chi connectivity index (χ1) is 13.7. The number of aromatic nitrogens is 2. The summed E-state index contributed by atoms with van der Waals surface area (Å²) in [6.45, 7) is 0.545. The number of carbonyl (C=O) groups excluding carboxylic acids is 1. The first-order valence-corrected chi connectivity index (χ1v) is 9.39. The van der Waals surface area contributed by atoms with Gasteiger partial charge >= 0.3 is 6.03 Å². The van der Waals surface area contributed by atoms with Gasteiger partial charge in [-0.05, 0) is 42.3 Å². The molecule has 28 heavy (non-hydrogen) atoms. The summed E-state index contributed by atoms with van der Waals surface area (Å²) in [5.74, 6) is 0. The minimum Gasteiger partial charge on any atom is -0.353 e. The average molecular weight is 391 g/mol. The Morgan fingerprint density at radius 2 is 1.82 bits per heavy atom. The van der Waals surface area contributed by atoms with E-state index in [2.05, 4.69) is 20.6 Å². The van der Waals surface area contributed by atoms with E-state index in [-0.39, 0.29) is 6.03 Å². The number of nitrogens with zero attached hydrogens (tertiary/aromatic N) is 1. The summed E-state index contributed by atoms with van der Waals surface area (Å²) < 4.78 is 0. The van der Waals surface area contributed by atoms with Crippen molar-refractivity contribution in [3.8, 4) is 11.3 Å². The molecule has 0 atom stereocenters. The van der Waals surface area contributed by atoms with Crippen molar-refractivity contribution in [3.05, 3.63) is 83.6 Å². The zero-order chi connectivity index (χ0) is 19.3. The quantitative estimate of drug-likeness (QED) is 0.435. The largest absolute Gasteiger partial charge is 0.353 e. The lowest BCUT2D eigenvalue weighted by Gasteiger charge is -2.10. The molecule has 4 rings (SSSR count). The van der Waals surface area contributed by atoms with Crippen LogP contribution in [0, 0.1) is 0 Å². The number of fused-ring (bicyclic) bond motifs is 1. The molecule has 6 heteroatoms. The minimum absolute atomic E-state index is 0.257. The van der Waals surface area contributed by atoms with Crippen molar-refractivity contribution in [2.24, 2.45) is 0 Å². The number of hydrogen-bond donors (Lipinski definition) is 3. The van der Waals surface area contributed by atoms with Crippen LogP contribution in [0.15, 0.2) is 73.1 Å². The fraction of sp³-hybridized carbons (Fsp3) is 0.0909. The van der Waals surface area contributed by atoms with Gasteiger partial charge in [-0.15, -0.1) is 0 Å². The number of hydrogen-bond acceptors (Lipinski definition) is 2. The van der Waals surface area contributed by atoms with E-state index in [9.17, 15) is 4.79 Å². The van der Waals surface area contributed by atoms with Gasteiger partial charge < -0.3 is 15.6 Å². The highest BCUT2D eigenvalue weighted by atomic mass is 35.5. The van der Waals surface area contributed by atoms with Crippen LogP contribution >= 0.6 is 11.6 Å². The molecular weight excluding hydrogens is 372 g/mol. The summed E-state index contributed by atoms with van der Waals surface area (Å²) in [5, 5.41) is 7.37. The molecule has 2 aromatic heterocycles. The Hall–Kier alpha value is -3.31. The van der Waals surface area contributed by atoms with Crippen LogP contribution in [0.3, 0.4) is 0 Å². The molecule has 0 aliphatic rings. The van der Waals surface area contributed by atoms with Crippen LogP contribution in [-0.2, 0) is 6.42 Å². The highest BCUT2D eigenvalue weighted by Gasteiger charge is 2.16. The van der Waals surface area contributed by atoms with Crippen LogP contribution in [0.1, 0.15) is 5.56 Å². The van der Waals surface area contributed by atoms with E-state index in [0.29, 0.717) is 17.3 Å². The molecule has 0 spiro atoms. The normalized spacial score (nSPS) is 10.8. The number of rotatable bonds is 5. The van der Waals surface area contributed by atoms with E-state index in [1.807, 2.05) is 60.7 Å². The van der Waals surface area contributed by atoms with Gasteiger partial charge in [-0.25, -0.2) is 4.79 Å². The smallest absolute Gasteiger partial charge is 0.319 e. The fourth-order valence-corrected chi connectivity index (χ4v) is 3.32. The number of halogens is 1. The number of carbonyl (C=O) groups is 1. The average Bonchev–Trinajstić information content (AvgIpc) is 3.07. The zero-order valence-corrected chi connectivity index (χ0v) is 15.8. The molecule has 4 aromatic rings. The first-order valence-electron chi connectivity index (χ1n) is 9.01. The van der Waals surface area contributed by atoms with E-state index >= 15 is 0 Å². The summed E-state index contributed by atoms with van der Waals surface area (Å²) in [4.78, 5) is 20.0. The van der Waals surface area contributed by atoms with Crippen molar-refractivity contribution in [1.29, 1.82) is 0 Å². The van der Waals surface area contributed by atoms with Gasteiger partial charge in [0, 0.05) is 40.4 Å². The molecule has 0 radical (unpaired) electrons. The Balaban J connectivity index is 1.56. The van der Waals surface area contributed by atoms with Crippen molar-refractivity contribution < 1.29 is 4.79 Å². The zero-order valence-electron chi connectivity index (χ0n) is 15.1. The Kier molecular flexibility index (Phi) is 5.26. The fourth-order valence-electron chi connectivity index (χ4n) is 3.15. The number of pyridine rings is 1. The molecule has 0 fully saturated rings. The van der Waals surface area contributed by atoms with Gasteiger partial charge in [0.05, 0.1) is 11.4 Å². The van der Waals surface area contributed by atoms with E-state index in [1.54, 1.807) is 12.4 Å². The van der Waals surface area contributed by atoms with E-state index in [1.165, 1.54) is 5.56 Å². The molecule has 0 saturated heterocycles. The lowest BCUT2D eigenvalue weighted by atomic mass is 10.1. The monoisotopic (exact) mass is 390 g/mol.